The van der Waals surface area contributed by atoms with Gasteiger partial charge in [0.1, 0.15) is 16.6 Å². The predicted octanol–water partition coefficient (Wildman–Crippen LogP) is 5.18. The number of alkyl halides is 3. The first kappa shape index (κ1) is 14.6. The first-order chi connectivity index (χ1) is 9.28. The van der Waals surface area contributed by atoms with E-state index in [2.05, 4.69) is 4.74 Å². The van der Waals surface area contributed by atoms with Gasteiger partial charge in [-0.15, -0.1) is 13.2 Å². The maximum atomic E-state index is 13.7. The highest BCUT2D eigenvalue weighted by Crippen LogP contribution is 2.31. The zero-order valence-electron chi connectivity index (χ0n) is 9.64. The van der Waals surface area contributed by atoms with Crippen LogP contribution in [-0.4, -0.2) is 6.36 Å². The van der Waals surface area contributed by atoms with Gasteiger partial charge in [0.2, 0.25) is 0 Å². The Morgan fingerprint density at radius 3 is 2.05 bits per heavy atom. The molecule has 0 saturated heterocycles. The van der Waals surface area contributed by atoms with Crippen LogP contribution in [0.15, 0.2) is 36.4 Å². The average molecular weight is 309 g/mol. The van der Waals surface area contributed by atoms with Crippen LogP contribution in [0, 0.1) is 11.6 Å². The lowest BCUT2D eigenvalue weighted by atomic mass is 10.0. The Morgan fingerprint density at radius 1 is 0.900 bits per heavy atom. The van der Waals surface area contributed by atoms with Crippen molar-refractivity contribution < 1.29 is 26.7 Å². The molecular weight excluding hydrogens is 303 g/mol. The molecule has 2 aromatic carbocycles. The van der Waals surface area contributed by atoms with Crippen LogP contribution in [0.3, 0.4) is 0 Å². The van der Waals surface area contributed by atoms with E-state index in [9.17, 15) is 22.0 Å². The predicted molar refractivity (Wildman–Crippen MR) is 63.5 cm³/mol. The van der Waals surface area contributed by atoms with Crippen LogP contribution in [0.4, 0.5) is 22.0 Å². The fourth-order valence-electron chi connectivity index (χ4n) is 1.59. The Bertz CT molecular complexity index is 622. The molecule has 0 radical (unpaired) electrons. The van der Waals surface area contributed by atoms with Crippen molar-refractivity contribution in [1.29, 1.82) is 0 Å². The molecule has 106 valence electrons. The van der Waals surface area contributed by atoms with Crippen molar-refractivity contribution in [2.75, 3.05) is 0 Å². The van der Waals surface area contributed by atoms with Crippen molar-refractivity contribution in [3.8, 4) is 16.9 Å². The van der Waals surface area contributed by atoms with Crippen LogP contribution in [0.25, 0.3) is 11.1 Å². The summed E-state index contributed by atoms with van der Waals surface area (Å²) in [5.41, 5.74) is 0.230. The molecule has 2 aromatic rings. The number of rotatable bonds is 2. The molecule has 20 heavy (non-hydrogen) atoms. The highest BCUT2D eigenvalue weighted by molar-refractivity contribution is 6.31. The zero-order valence-corrected chi connectivity index (χ0v) is 10.4. The standard InChI is InChI=1S/C13H6ClF5O/c14-11-10(15)6-5-9(12(11)16)7-1-3-8(4-2-7)20-13(17,18)19/h1-6H. The van der Waals surface area contributed by atoms with Gasteiger partial charge in [0.15, 0.2) is 5.82 Å². The van der Waals surface area contributed by atoms with Gasteiger partial charge in [0.25, 0.3) is 0 Å². The minimum absolute atomic E-state index is 0.0186. The second kappa shape index (κ2) is 5.28. The van der Waals surface area contributed by atoms with Gasteiger partial charge in [-0.25, -0.2) is 8.78 Å². The summed E-state index contributed by atoms with van der Waals surface area (Å²) >= 11 is 5.43. The molecule has 0 aliphatic carbocycles. The molecule has 0 spiro atoms. The molecule has 0 unspecified atom stereocenters. The normalized spacial score (nSPS) is 11.5. The van der Waals surface area contributed by atoms with Crippen molar-refractivity contribution in [3.63, 3.8) is 0 Å². The lowest BCUT2D eigenvalue weighted by molar-refractivity contribution is -0.274. The van der Waals surface area contributed by atoms with Gasteiger partial charge in [-0.1, -0.05) is 23.7 Å². The SMILES string of the molecule is Fc1ccc(-c2ccc(OC(F)(F)F)cc2)c(F)c1Cl. The molecule has 0 heterocycles. The minimum atomic E-state index is -4.80. The van der Waals surface area contributed by atoms with Crippen molar-refractivity contribution >= 4 is 11.6 Å². The number of halogens is 6. The van der Waals surface area contributed by atoms with E-state index in [0.29, 0.717) is 0 Å². The summed E-state index contributed by atoms with van der Waals surface area (Å²) in [6.07, 6.45) is -4.80. The second-order valence-electron chi connectivity index (χ2n) is 3.80. The average Bonchev–Trinajstić information content (AvgIpc) is 2.36. The summed E-state index contributed by atoms with van der Waals surface area (Å²) in [7, 11) is 0. The summed E-state index contributed by atoms with van der Waals surface area (Å²) < 4.78 is 66.4. The number of hydrogen-bond acceptors (Lipinski definition) is 1. The van der Waals surface area contributed by atoms with Crippen molar-refractivity contribution in [2.45, 2.75) is 6.36 Å². The van der Waals surface area contributed by atoms with Gasteiger partial charge in [0, 0.05) is 5.56 Å². The summed E-state index contributed by atoms with van der Waals surface area (Å²) in [4.78, 5) is 0. The fourth-order valence-corrected chi connectivity index (χ4v) is 1.75. The monoisotopic (exact) mass is 308 g/mol. The van der Waals surface area contributed by atoms with E-state index in [-0.39, 0.29) is 11.1 Å². The molecule has 0 atom stereocenters. The highest BCUT2D eigenvalue weighted by Gasteiger charge is 2.31. The lowest BCUT2D eigenvalue weighted by Crippen LogP contribution is -2.16. The van der Waals surface area contributed by atoms with Gasteiger partial charge < -0.3 is 4.74 Å². The van der Waals surface area contributed by atoms with E-state index in [1.165, 1.54) is 12.1 Å². The molecule has 0 amide bonds. The summed E-state index contributed by atoms with van der Waals surface area (Å²) in [5, 5.41) is -0.668. The van der Waals surface area contributed by atoms with E-state index < -0.39 is 28.8 Å². The quantitative estimate of drug-likeness (QED) is 0.548. The summed E-state index contributed by atoms with van der Waals surface area (Å²) in [5.74, 6) is -2.32. The van der Waals surface area contributed by atoms with Gasteiger partial charge in [-0.2, -0.15) is 0 Å². The van der Waals surface area contributed by atoms with Gasteiger partial charge in [-0.3, -0.25) is 0 Å². The molecule has 2 rings (SSSR count). The van der Waals surface area contributed by atoms with Crippen LogP contribution >= 0.6 is 11.6 Å². The third kappa shape index (κ3) is 3.19. The molecule has 0 saturated carbocycles. The topological polar surface area (TPSA) is 9.23 Å². The van der Waals surface area contributed by atoms with Crippen LogP contribution in [0.5, 0.6) is 5.75 Å². The van der Waals surface area contributed by atoms with Gasteiger partial charge in [-0.05, 0) is 29.8 Å². The van der Waals surface area contributed by atoms with E-state index in [0.717, 1.165) is 24.3 Å². The van der Waals surface area contributed by atoms with E-state index in [1.54, 1.807) is 0 Å². The summed E-state index contributed by atoms with van der Waals surface area (Å²) in [6, 6.07) is 6.61. The summed E-state index contributed by atoms with van der Waals surface area (Å²) in [6.45, 7) is 0. The van der Waals surface area contributed by atoms with Gasteiger partial charge in [0.05, 0.1) is 0 Å². The Morgan fingerprint density at radius 2 is 1.50 bits per heavy atom. The van der Waals surface area contributed by atoms with Crippen LogP contribution in [0.1, 0.15) is 0 Å². The fraction of sp³-hybridized carbons (Fsp3) is 0.0769. The zero-order chi connectivity index (χ0) is 14.9. The van der Waals surface area contributed by atoms with Crippen molar-refractivity contribution in [1.82, 2.24) is 0 Å². The highest BCUT2D eigenvalue weighted by atomic mass is 35.5. The molecule has 0 N–H and O–H groups in total. The molecule has 0 aliphatic rings. The lowest BCUT2D eigenvalue weighted by Gasteiger charge is -2.10. The maximum Gasteiger partial charge on any atom is 0.573 e. The van der Waals surface area contributed by atoms with Gasteiger partial charge >= 0.3 is 6.36 Å². The molecule has 0 aromatic heterocycles. The Kier molecular flexibility index (Phi) is 3.85. The molecule has 1 nitrogen and oxygen atoms in total. The smallest absolute Gasteiger partial charge is 0.406 e. The van der Waals surface area contributed by atoms with Crippen LogP contribution in [-0.2, 0) is 0 Å². The van der Waals surface area contributed by atoms with E-state index in [1.807, 2.05) is 0 Å². The number of ether oxygens (including phenoxy) is 1. The molecule has 0 fully saturated rings. The third-order valence-corrected chi connectivity index (χ3v) is 2.78. The Labute approximate surface area is 115 Å². The van der Waals surface area contributed by atoms with Crippen molar-refractivity contribution in [3.05, 3.63) is 53.1 Å². The second-order valence-corrected chi connectivity index (χ2v) is 4.17. The van der Waals surface area contributed by atoms with Crippen LogP contribution < -0.4 is 4.74 Å². The molecule has 0 bridgehead atoms. The van der Waals surface area contributed by atoms with E-state index >= 15 is 0 Å². The first-order valence-electron chi connectivity index (χ1n) is 5.27. The van der Waals surface area contributed by atoms with Crippen molar-refractivity contribution in [2.24, 2.45) is 0 Å². The Hall–Kier alpha value is -1.82. The largest absolute Gasteiger partial charge is 0.573 e. The molecule has 0 aliphatic heterocycles. The minimum Gasteiger partial charge on any atom is -0.406 e. The van der Waals surface area contributed by atoms with Crippen LogP contribution in [0.2, 0.25) is 5.02 Å². The Balaban J connectivity index is 2.33. The number of hydrogen-bond donors (Lipinski definition) is 0. The molecule has 7 heteroatoms. The maximum absolute atomic E-state index is 13.7. The first-order valence-corrected chi connectivity index (χ1v) is 5.65. The number of benzene rings is 2. The molecular formula is C13H6ClF5O. The van der Waals surface area contributed by atoms with E-state index in [4.69, 9.17) is 11.6 Å². The third-order valence-electron chi connectivity index (χ3n) is 2.43.